The van der Waals surface area contributed by atoms with Crippen molar-refractivity contribution in [1.82, 2.24) is 9.97 Å². The zero-order valence-electron chi connectivity index (χ0n) is 19.6. The van der Waals surface area contributed by atoms with E-state index in [2.05, 4.69) is 34.4 Å². The molecule has 0 aliphatic rings. The minimum Gasteiger partial charge on any atom is -0.494 e. The number of anilines is 4. The molecule has 1 aromatic heterocycles. The molecule has 2 aromatic carbocycles. The first-order chi connectivity index (χ1) is 16.4. The first kappa shape index (κ1) is 25.3. The number of nitrogens with zero attached hydrogens (tertiary/aromatic N) is 2. The van der Waals surface area contributed by atoms with Crippen molar-refractivity contribution in [3.63, 3.8) is 0 Å². The third-order valence-corrected chi connectivity index (χ3v) is 5.26. The SMILES string of the molecule is CCCCCc1ccc(Nc2ncc(C(F)(F)F)c(Nc3ccc(OCCCC)cc3)n2)cc1. The molecule has 34 heavy (non-hydrogen) atoms. The van der Waals surface area contributed by atoms with Crippen molar-refractivity contribution in [3.8, 4) is 5.75 Å². The maximum absolute atomic E-state index is 13.6. The van der Waals surface area contributed by atoms with Gasteiger partial charge in [-0.1, -0.05) is 45.2 Å². The van der Waals surface area contributed by atoms with Gasteiger partial charge in [0.2, 0.25) is 5.95 Å². The van der Waals surface area contributed by atoms with Crippen LogP contribution in [-0.4, -0.2) is 16.6 Å². The summed E-state index contributed by atoms with van der Waals surface area (Å²) in [5.74, 6) is 0.424. The molecule has 0 spiro atoms. The normalized spacial score (nSPS) is 11.3. The van der Waals surface area contributed by atoms with Crippen molar-refractivity contribution in [2.24, 2.45) is 0 Å². The van der Waals surface area contributed by atoms with Gasteiger partial charge in [-0.15, -0.1) is 0 Å². The fourth-order valence-corrected chi connectivity index (χ4v) is 3.31. The Kier molecular flexibility index (Phi) is 9.13. The molecule has 0 aliphatic carbocycles. The van der Waals surface area contributed by atoms with E-state index in [1.165, 1.54) is 12.0 Å². The number of ether oxygens (including phenoxy) is 1. The van der Waals surface area contributed by atoms with Gasteiger partial charge in [-0.2, -0.15) is 18.2 Å². The summed E-state index contributed by atoms with van der Waals surface area (Å²) in [6, 6.07) is 14.5. The van der Waals surface area contributed by atoms with Gasteiger partial charge in [0.1, 0.15) is 17.1 Å². The maximum Gasteiger partial charge on any atom is 0.421 e. The van der Waals surface area contributed by atoms with Crippen LogP contribution in [0, 0.1) is 0 Å². The summed E-state index contributed by atoms with van der Waals surface area (Å²) in [4.78, 5) is 7.99. The smallest absolute Gasteiger partial charge is 0.421 e. The monoisotopic (exact) mass is 472 g/mol. The Bertz CT molecular complexity index is 1020. The Labute approximate surface area is 198 Å². The zero-order chi connectivity index (χ0) is 24.4. The van der Waals surface area contributed by atoms with E-state index >= 15 is 0 Å². The van der Waals surface area contributed by atoms with Crippen molar-refractivity contribution in [3.05, 3.63) is 65.9 Å². The molecule has 0 atom stereocenters. The first-order valence-corrected chi connectivity index (χ1v) is 11.7. The summed E-state index contributed by atoms with van der Waals surface area (Å²) in [5, 5.41) is 5.76. The van der Waals surface area contributed by atoms with Crippen LogP contribution in [-0.2, 0) is 12.6 Å². The van der Waals surface area contributed by atoms with Gasteiger partial charge in [-0.3, -0.25) is 0 Å². The van der Waals surface area contributed by atoms with Gasteiger partial charge in [0.15, 0.2) is 0 Å². The second kappa shape index (κ2) is 12.3. The van der Waals surface area contributed by atoms with Gasteiger partial charge in [-0.05, 0) is 61.2 Å². The molecule has 0 bridgehead atoms. The molecule has 0 aliphatic heterocycles. The fraction of sp³-hybridized carbons (Fsp3) is 0.385. The molecule has 2 N–H and O–H groups in total. The Morgan fingerprint density at radius 1 is 0.824 bits per heavy atom. The van der Waals surface area contributed by atoms with Crippen molar-refractivity contribution >= 4 is 23.1 Å². The van der Waals surface area contributed by atoms with E-state index in [1.54, 1.807) is 24.3 Å². The lowest BCUT2D eigenvalue weighted by Gasteiger charge is -2.15. The summed E-state index contributed by atoms with van der Waals surface area (Å²) < 4.78 is 46.3. The minimum absolute atomic E-state index is 0.0775. The summed E-state index contributed by atoms with van der Waals surface area (Å²) in [5.41, 5.74) is 1.46. The zero-order valence-corrected chi connectivity index (χ0v) is 19.6. The van der Waals surface area contributed by atoms with Crippen LogP contribution in [0.25, 0.3) is 0 Å². The lowest BCUT2D eigenvalue weighted by molar-refractivity contribution is -0.137. The Morgan fingerprint density at radius 3 is 2.12 bits per heavy atom. The number of benzene rings is 2. The lowest BCUT2D eigenvalue weighted by atomic mass is 10.1. The van der Waals surface area contributed by atoms with E-state index in [0.717, 1.165) is 38.3 Å². The van der Waals surface area contributed by atoms with Gasteiger partial charge < -0.3 is 15.4 Å². The second-order valence-electron chi connectivity index (χ2n) is 8.08. The third kappa shape index (κ3) is 7.64. The van der Waals surface area contributed by atoms with Crippen LogP contribution in [0.3, 0.4) is 0 Å². The van der Waals surface area contributed by atoms with Crippen molar-refractivity contribution < 1.29 is 17.9 Å². The highest BCUT2D eigenvalue weighted by Crippen LogP contribution is 2.35. The summed E-state index contributed by atoms with van der Waals surface area (Å²) in [6.45, 7) is 4.84. The van der Waals surface area contributed by atoms with Gasteiger partial charge in [-0.25, -0.2) is 4.98 Å². The molecule has 5 nitrogen and oxygen atoms in total. The molecule has 182 valence electrons. The quantitative estimate of drug-likeness (QED) is 0.262. The topological polar surface area (TPSA) is 59.1 Å². The summed E-state index contributed by atoms with van der Waals surface area (Å²) in [7, 11) is 0. The molecule has 3 rings (SSSR count). The number of alkyl halides is 3. The molecule has 1 heterocycles. The number of halogens is 3. The largest absolute Gasteiger partial charge is 0.494 e. The summed E-state index contributed by atoms with van der Waals surface area (Å²) in [6.07, 6.45) is 2.64. The average molecular weight is 473 g/mol. The van der Waals surface area contributed by atoms with E-state index < -0.39 is 11.7 Å². The van der Waals surface area contributed by atoms with E-state index in [1.807, 2.05) is 24.3 Å². The molecule has 0 fully saturated rings. The number of unbranched alkanes of at least 4 members (excludes halogenated alkanes) is 3. The van der Waals surface area contributed by atoms with Crippen molar-refractivity contribution in [1.29, 1.82) is 0 Å². The number of aromatic nitrogens is 2. The van der Waals surface area contributed by atoms with E-state index in [4.69, 9.17) is 4.74 Å². The number of hydrogen-bond donors (Lipinski definition) is 2. The van der Waals surface area contributed by atoms with Gasteiger partial charge >= 0.3 is 6.18 Å². The molecule has 0 unspecified atom stereocenters. The molecule has 8 heteroatoms. The van der Waals surface area contributed by atoms with Crippen LogP contribution in [0.2, 0.25) is 0 Å². The molecular weight excluding hydrogens is 441 g/mol. The highest BCUT2D eigenvalue weighted by molar-refractivity contribution is 5.63. The highest BCUT2D eigenvalue weighted by Gasteiger charge is 2.35. The van der Waals surface area contributed by atoms with Crippen LogP contribution in [0.15, 0.2) is 54.7 Å². The van der Waals surface area contributed by atoms with Crippen LogP contribution >= 0.6 is 0 Å². The predicted octanol–water partition coefficient (Wildman–Crippen LogP) is 7.89. The van der Waals surface area contributed by atoms with Crippen LogP contribution in [0.4, 0.5) is 36.3 Å². The molecule has 3 aromatic rings. The van der Waals surface area contributed by atoms with Crippen molar-refractivity contribution in [2.75, 3.05) is 17.2 Å². The number of rotatable bonds is 12. The number of aryl methyl sites for hydroxylation is 1. The Morgan fingerprint density at radius 2 is 1.47 bits per heavy atom. The Hall–Kier alpha value is -3.29. The molecular formula is C26H31F3N4O. The van der Waals surface area contributed by atoms with Gasteiger partial charge in [0, 0.05) is 17.6 Å². The fourth-order valence-electron chi connectivity index (χ4n) is 3.31. The molecule has 0 saturated heterocycles. The summed E-state index contributed by atoms with van der Waals surface area (Å²) >= 11 is 0. The first-order valence-electron chi connectivity index (χ1n) is 11.7. The molecule has 0 saturated carbocycles. The minimum atomic E-state index is -4.59. The van der Waals surface area contributed by atoms with Crippen LogP contribution < -0.4 is 15.4 Å². The van der Waals surface area contributed by atoms with Crippen LogP contribution in [0.5, 0.6) is 5.75 Å². The average Bonchev–Trinajstić information content (AvgIpc) is 2.81. The highest BCUT2D eigenvalue weighted by atomic mass is 19.4. The van der Waals surface area contributed by atoms with Crippen LogP contribution in [0.1, 0.15) is 57.1 Å². The maximum atomic E-state index is 13.6. The third-order valence-electron chi connectivity index (χ3n) is 5.26. The standard InChI is InChI=1S/C26H31F3N4O/c1-3-5-7-8-19-9-11-21(12-10-19)32-25-30-18-23(26(27,28)29)24(33-25)31-20-13-15-22(16-14-20)34-17-6-4-2/h9-16,18H,3-8,17H2,1-2H3,(H2,30,31,32,33). The number of hydrogen-bond acceptors (Lipinski definition) is 5. The predicted molar refractivity (Wildman–Crippen MR) is 130 cm³/mol. The van der Waals surface area contributed by atoms with Gasteiger partial charge in [0.25, 0.3) is 0 Å². The van der Waals surface area contributed by atoms with E-state index in [0.29, 0.717) is 23.7 Å². The lowest BCUT2D eigenvalue weighted by Crippen LogP contribution is -2.12. The van der Waals surface area contributed by atoms with Gasteiger partial charge in [0.05, 0.1) is 6.61 Å². The second-order valence-corrected chi connectivity index (χ2v) is 8.08. The van der Waals surface area contributed by atoms with E-state index in [9.17, 15) is 13.2 Å². The Balaban J connectivity index is 1.73. The van der Waals surface area contributed by atoms with E-state index in [-0.39, 0.29) is 11.8 Å². The molecule has 0 amide bonds. The number of nitrogens with one attached hydrogen (secondary N) is 2. The molecule has 0 radical (unpaired) electrons. The van der Waals surface area contributed by atoms with Crippen molar-refractivity contribution in [2.45, 2.75) is 58.5 Å².